The van der Waals surface area contributed by atoms with Crippen molar-refractivity contribution >= 4 is 5.91 Å². The summed E-state index contributed by atoms with van der Waals surface area (Å²) in [6.07, 6.45) is -2.04. The number of hydrogen-bond acceptors (Lipinski definition) is 2. The summed E-state index contributed by atoms with van der Waals surface area (Å²) < 4.78 is 24.9. The van der Waals surface area contributed by atoms with Crippen LogP contribution in [0.5, 0.6) is 0 Å². The second kappa shape index (κ2) is 7.06. The van der Waals surface area contributed by atoms with Gasteiger partial charge in [0.1, 0.15) is 0 Å². The molecule has 0 heterocycles. The smallest absolute Gasteiger partial charge is 0.263 e. The Hall–Kier alpha value is -1.49. The molecule has 0 unspecified atom stereocenters. The monoisotopic (exact) mass is 256 g/mol. The number of benzene rings is 1. The summed E-state index contributed by atoms with van der Waals surface area (Å²) in [4.78, 5) is 12.8. The van der Waals surface area contributed by atoms with Crippen LogP contribution in [0.3, 0.4) is 0 Å². The van der Waals surface area contributed by atoms with E-state index in [1.165, 1.54) is 17.0 Å². The fraction of sp³-hybridized carbons (Fsp3) is 0.462. The normalized spacial score (nSPS) is 10.7. The predicted octanol–water partition coefficient (Wildman–Crippen LogP) is 2.19. The lowest BCUT2D eigenvalue weighted by Crippen LogP contribution is -2.26. The molecule has 0 fully saturated rings. The molecule has 3 nitrogen and oxygen atoms in total. The highest BCUT2D eigenvalue weighted by atomic mass is 19.3. The summed E-state index contributed by atoms with van der Waals surface area (Å²) in [7, 11) is 3.41. The third kappa shape index (κ3) is 4.79. The maximum absolute atomic E-state index is 12.5. The molecule has 18 heavy (non-hydrogen) atoms. The van der Waals surface area contributed by atoms with Gasteiger partial charge in [0, 0.05) is 39.2 Å². The highest BCUT2D eigenvalue weighted by Crippen LogP contribution is 2.19. The number of carbonyl (C=O) groups excluding carboxylic acids is 1. The van der Waals surface area contributed by atoms with Gasteiger partial charge in [0.05, 0.1) is 0 Å². The molecule has 1 amide bonds. The summed E-state index contributed by atoms with van der Waals surface area (Å²) in [5.41, 5.74) is 0.823. The Morgan fingerprint density at radius 2 is 2.11 bits per heavy atom. The number of nitrogens with one attached hydrogen (secondary N) is 1. The van der Waals surface area contributed by atoms with Crippen LogP contribution in [0, 0.1) is 0 Å². The SMILES string of the molecule is CN(C)C(=O)CCNCc1cccc(C(F)F)c1. The van der Waals surface area contributed by atoms with Crippen molar-refractivity contribution in [3.63, 3.8) is 0 Å². The maximum Gasteiger partial charge on any atom is 0.263 e. The quantitative estimate of drug-likeness (QED) is 0.791. The standard InChI is InChI=1S/C13H18F2N2O/c1-17(2)12(18)6-7-16-9-10-4-3-5-11(8-10)13(14)15/h3-5,8,13,16H,6-7,9H2,1-2H3. The van der Waals surface area contributed by atoms with Crippen LogP contribution in [0.25, 0.3) is 0 Å². The molecule has 0 aliphatic carbocycles. The Balaban J connectivity index is 2.35. The van der Waals surface area contributed by atoms with Crippen LogP contribution in [0.2, 0.25) is 0 Å². The molecular weight excluding hydrogens is 238 g/mol. The minimum absolute atomic E-state index is 0.0265. The van der Waals surface area contributed by atoms with Gasteiger partial charge in [-0.25, -0.2) is 8.78 Å². The van der Waals surface area contributed by atoms with Crippen molar-refractivity contribution in [1.29, 1.82) is 0 Å². The first-order valence-electron chi connectivity index (χ1n) is 5.78. The molecule has 0 aliphatic rings. The van der Waals surface area contributed by atoms with E-state index in [1.54, 1.807) is 26.2 Å². The Kier molecular flexibility index (Phi) is 5.71. The van der Waals surface area contributed by atoms with E-state index in [1.807, 2.05) is 0 Å². The summed E-state index contributed by atoms with van der Waals surface area (Å²) >= 11 is 0. The van der Waals surface area contributed by atoms with Gasteiger partial charge in [-0.2, -0.15) is 0 Å². The molecular formula is C13H18F2N2O. The molecule has 5 heteroatoms. The molecule has 1 aromatic carbocycles. The van der Waals surface area contributed by atoms with Crippen molar-refractivity contribution in [2.75, 3.05) is 20.6 Å². The molecule has 100 valence electrons. The lowest BCUT2D eigenvalue weighted by Gasteiger charge is -2.10. The van der Waals surface area contributed by atoms with Gasteiger partial charge in [0.15, 0.2) is 0 Å². The second-order valence-electron chi connectivity index (χ2n) is 4.26. The number of amides is 1. The molecule has 0 saturated heterocycles. The van der Waals surface area contributed by atoms with Gasteiger partial charge in [0.25, 0.3) is 6.43 Å². The van der Waals surface area contributed by atoms with Crippen LogP contribution in [0.1, 0.15) is 24.0 Å². The van der Waals surface area contributed by atoms with Gasteiger partial charge in [-0.05, 0) is 11.6 Å². The van der Waals surface area contributed by atoms with Crippen LogP contribution in [0.15, 0.2) is 24.3 Å². The minimum Gasteiger partial charge on any atom is -0.349 e. The van der Waals surface area contributed by atoms with E-state index in [9.17, 15) is 13.6 Å². The van der Waals surface area contributed by atoms with Gasteiger partial charge in [-0.15, -0.1) is 0 Å². The lowest BCUT2D eigenvalue weighted by atomic mass is 10.1. The van der Waals surface area contributed by atoms with Gasteiger partial charge in [0.2, 0.25) is 5.91 Å². The average Bonchev–Trinajstić information content (AvgIpc) is 2.34. The van der Waals surface area contributed by atoms with E-state index in [2.05, 4.69) is 5.32 Å². The largest absolute Gasteiger partial charge is 0.349 e. The average molecular weight is 256 g/mol. The van der Waals surface area contributed by atoms with Crippen LogP contribution in [-0.4, -0.2) is 31.4 Å². The zero-order valence-electron chi connectivity index (χ0n) is 10.6. The zero-order valence-corrected chi connectivity index (χ0v) is 10.6. The van der Waals surface area contributed by atoms with Crippen LogP contribution in [-0.2, 0) is 11.3 Å². The highest BCUT2D eigenvalue weighted by molar-refractivity contribution is 5.75. The fourth-order valence-corrected chi connectivity index (χ4v) is 1.49. The van der Waals surface area contributed by atoms with Crippen molar-refractivity contribution in [3.8, 4) is 0 Å². The molecule has 0 spiro atoms. The minimum atomic E-state index is -2.44. The third-order valence-corrected chi connectivity index (χ3v) is 2.55. The predicted molar refractivity (Wildman–Crippen MR) is 66.4 cm³/mol. The molecule has 0 aliphatic heterocycles. The Bertz CT molecular complexity index is 394. The number of rotatable bonds is 6. The lowest BCUT2D eigenvalue weighted by molar-refractivity contribution is -0.128. The van der Waals surface area contributed by atoms with E-state index in [4.69, 9.17) is 0 Å². The number of halogens is 2. The fourth-order valence-electron chi connectivity index (χ4n) is 1.49. The molecule has 0 atom stereocenters. The molecule has 0 saturated carbocycles. The number of hydrogen-bond donors (Lipinski definition) is 1. The van der Waals surface area contributed by atoms with Gasteiger partial charge in [-0.1, -0.05) is 18.2 Å². The first-order valence-corrected chi connectivity index (χ1v) is 5.78. The number of alkyl halides is 2. The van der Waals surface area contributed by atoms with Crippen LogP contribution < -0.4 is 5.32 Å². The molecule has 0 aromatic heterocycles. The first-order chi connectivity index (χ1) is 8.50. The van der Waals surface area contributed by atoms with Crippen molar-refractivity contribution in [2.24, 2.45) is 0 Å². The van der Waals surface area contributed by atoms with Crippen LogP contribution >= 0.6 is 0 Å². The van der Waals surface area contributed by atoms with Crippen molar-refractivity contribution in [3.05, 3.63) is 35.4 Å². The number of carbonyl (C=O) groups is 1. The van der Waals surface area contributed by atoms with E-state index in [-0.39, 0.29) is 11.5 Å². The molecule has 1 rings (SSSR count). The molecule has 1 N–H and O–H groups in total. The van der Waals surface area contributed by atoms with Gasteiger partial charge >= 0.3 is 0 Å². The van der Waals surface area contributed by atoms with E-state index in [0.29, 0.717) is 19.5 Å². The summed E-state index contributed by atoms with van der Waals surface area (Å²) in [5.74, 6) is 0.0452. The molecule has 1 aromatic rings. The summed E-state index contributed by atoms with van der Waals surface area (Å²) in [6.45, 7) is 1.02. The second-order valence-corrected chi connectivity index (χ2v) is 4.26. The summed E-state index contributed by atoms with van der Waals surface area (Å²) in [6, 6.07) is 6.28. The maximum atomic E-state index is 12.5. The van der Waals surface area contributed by atoms with Crippen molar-refractivity contribution < 1.29 is 13.6 Å². The highest BCUT2D eigenvalue weighted by Gasteiger charge is 2.07. The first kappa shape index (κ1) is 14.6. The van der Waals surface area contributed by atoms with Gasteiger partial charge in [-0.3, -0.25) is 4.79 Å². The Labute approximate surface area is 106 Å². The zero-order chi connectivity index (χ0) is 13.5. The molecule has 0 radical (unpaired) electrons. The molecule has 0 bridgehead atoms. The van der Waals surface area contributed by atoms with E-state index < -0.39 is 6.43 Å². The van der Waals surface area contributed by atoms with Crippen molar-refractivity contribution in [1.82, 2.24) is 10.2 Å². The van der Waals surface area contributed by atoms with Crippen LogP contribution in [0.4, 0.5) is 8.78 Å². The number of nitrogens with zero attached hydrogens (tertiary/aromatic N) is 1. The third-order valence-electron chi connectivity index (χ3n) is 2.55. The van der Waals surface area contributed by atoms with Gasteiger partial charge < -0.3 is 10.2 Å². The Morgan fingerprint density at radius 3 is 2.72 bits per heavy atom. The van der Waals surface area contributed by atoms with Crippen molar-refractivity contribution in [2.45, 2.75) is 19.4 Å². The van der Waals surface area contributed by atoms with E-state index >= 15 is 0 Å². The Morgan fingerprint density at radius 1 is 1.39 bits per heavy atom. The van der Waals surface area contributed by atoms with E-state index in [0.717, 1.165) is 5.56 Å². The summed E-state index contributed by atoms with van der Waals surface area (Å²) in [5, 5.41) is 3.06. The topological polar surface area (TPSA) is 32.3 Å².